The van der Waals surface area contributed by atoms with Gasteiger partial charge in [-0.05, 0) is 36.2 Å². The number of rotatable bonds is 10. The van der Waals surface area contributed by atoms with E-state index in [2.05, 4.69) is 46.9 Å². The number of amides is 1. The third-order valence-electron chi connectivity index (χ3n) is 3.15. The van der Waals surface area contributed by atoms with E-state index in [1.807, 2.05) is 6.92 Å². The van der Waals surface area contributed by atoms with Gasteiger partial charge in [0.15, 0.2) is 0 Å². The highest BCUT2D eigenvalue weighted by Crippen LogP contribution is 2.13. The molecule has 1 heterocycles. The lowest BCUT2D eigenvalue weighted by atomic mass is 10.1. The van der Waals surface area contributed by atoms with E-state index < -0.39 is 0 Å². The molecule has 0 saturated heterocycles. The average molecular weight is 314 g/mol. The van der Waals surface area contributed by atoms with Crippen molar-refractivity contribution in [2.24, 2.45) is 5.92 Å². The van der Waals surface area contributed by atoms with E-state index in [1.165, 1.54) is 11.8 Å². The summed E-state index contributed by atoms with van der Waals surface area (Å²) in [5.41, 5.74) is 0. The summed E-state index contributed by atoms with van der Waals surface area (Å²) in [6.45, 7) is 10.8. The Morgan fingerprint density at radius 3 is 2.76 bits per heavy atom. The number of hydrogen-bond acceptors (Lipinski definition) is 6. The topological polar surface area (TPSA) is 84.7 Å². The van der Waals surface area contributed by atoms with E-state index in [-0.39, 0.29) is 11.9 Å². The highest BCUT2D eigenvalue weighted by Gasteiger charge is 2.13. The van der Waals surface area contributed by atoms with Crippen molar-refractivity contribution in [3.63, 3.8) is 0 Å². The maximum atomic E-state index is 11.8. The fourth-order valence-corrected chi connectivity index (χ4v) is 2.23. The van der Waals surface area contributed by atoms with Crippen molar-refractivity contribution in [2.45, 2.75) is 51.9 Å². The molecule has 1 rings (SSSR count). The van der Waals surface area contributed by atoms with Gasteiger partial charge in [0.1, 0.15) is 0 Å². The van der Waals surface area contributed by atoms with Crippen LogP contribution in [0.4, 0.5) is 0 Å². The Balaban J connectivity index is 2.35. The van der Waals surface area contributed by atoms with Crippen molar-refractivity contribution in [1.29, 1.82) is 0 Å². The highest BCUT2D eigenvalue weighted by molar-refractivity contribution is 7.99. The van der Waals surface area contributed by atoms with E-state index in [0.29, 0.717) is 23.4 Å². The molecule has 0 saturated carbocycles. The van der Waals surface area contributed by atoms with Crippen LogP contribution < -0.4 is 10.6 Å². The number of carbonyl (C=O) groups is 1. The Bertz CT molecular complexity index is 423. The van der Waals surface area contributed by atoms with Gasteiger partial charge in [0.05, 0.1) is 12.3 Å². The standard InChI is InChI=1S/C13H26N6OS/c1-5-6-14-7-8-19-13(16-17-18-19)21-9-12(20)15-11(4)10(2)3/h10-11,14H,5-9H2,1-4H3,(H,15,20). The molecule has 1 atom stereocenters. The van der Waals surface area contributed by atoms with Crippen molar-refractivity contribution in [2.75, 3.05) is 18.8 Å². The third-order valence-corrected chi connectivity index (χ3v) is 4.10. The number of hydrogen-bond donors (Lipinski definition) is 2. The van der Waals surface area contributed by atoms with Crippen molar-refractivity contribution < 1.29 is 4.79 Å². The average Bonchev–Trinajstić information content (AvgIpc) is 2.88. The minimum Gasteiger partial charge on any atom is -0.353 e. The molecular formula is C13H26N6OS. The smallest absolute Gasteiger partial charge is 0.230 e. The van der Waals surface area contributed by atoms with Gasteiger partial charge in [-0.3, -0.25) is 4.79 Å². The Kier molecular flexibility index (Phi) is 8.29. The van der Waals surface area contributed by atoms with Crippen molar-refractivity contribution >= 4 is 17.7 Å². The first-order valence-electron chi connectivity index (χ1n) is 7.43. The number of thioether (sulfide) groups is 1. The summed E-state index contributed by atoms with van der Waals surface area (Å²) in [6, 6.07) is 0.173. The van der Waals surface area contributed by atoms with Crippen LogP contribution in [-0.4, -0.2) is 51.0 Å². The van der Waals surface area contributed by atoms with Crippen molar-refractivity contribution in [1.82, 2.24) is 30.8 Å². The fourth-order valence-electron chi connectivity index (χ4n) is 1.52. The predicted molar refractivity (Wildman–Crippen MR) is 84.1 cm³/mol. The van der Waals surface area contributed by atoms with Crippen molar-refractivity contribution in [3.05, 3.63) is 0 Å². The van der Waals surface area contributed by atoms with Crippen LogP contribution >= 0.6 is 11.8 Å². The van der Waals surface area contributed by atoms with Crippen LogP contribution in [-0.2, 0) is 11.3 Å². The van der Waals surface area contributed by atoms with Crippen LogP contribution in [0.15, 0.2) is 5.16 Å². The fraction of sp³-hybridized carbons (Fsp3) is 0.846. The van der Waals surface area contributed by atoms with Gasteiger partial charge in [-0.1, -0.05) is 32.5 Å². The monoisotopic (exact) mass is 314 g/mol. The molecule has 1 unspecified atom stereocenters. The van der Waals surface area contributed by atoms with Crippen LogP contribution in [0.3, 0.4) is 0 Å². The number of nitrogens with one attached hydrogen (secondary N) is 2. The van der Waals surface area contributed by atoms with E-state index in [0.717, 1.165) is 19.5 Å². The Morgan fingerprint density at radius 1 is 1.33 bits per heavy atom. The largest absolute Gasteiger partial charge is 0.353 e. The Morgan fingerprint density at radius 2 is 2.10 bits per heavy atom. The van der Waals surface area contributed by atoms with Gasteiger partial charge in [-0.25, -0.2) is 4.68 Å². The third kappa shape index (κ3) is 6.90. The molecule has 0 spiro atoms. The summed E-state index contributed by atoms with van der Waals surface area (Å²) in [6.07, 6.45) is 1.10. The SMILES string of the molecule is CCCNCCn1nnnc1SCC(=O)NC(C)C(C)C. The van der Waals surface area contributed by atoms with E-state index in [1.54, 1.807) is 4.68 Å². The first-order chi connectivity index (χ1) is 10.0. The number of carbonyl (C=O) groups excluding carboxylic acids is 1. The molecule has 0 fully saturated rings. The zero-order valence-corrected chi connectivity index (χ0v) is 14.1. The zero-order chi connectivity index (χ0) is 15.7. The van der Waals surface area contributed by atoms with Gasteiger partial charge < -0.3 is 10.6 Å². The molecule has 0 aliphatic carbocycles. The Hall–Kier alpha value is -1.15. The minimum absolute atomic E-state index is 0.0138. The second kappa shape index (κ2) is 9.73. The molecule has 1 aromatic rings. The number of tetrazole rings is 1. The molecule has 1 amide bonds. The van der Waals surface area contributed by atoms with Gasteiger partial charge >= 0.3 is 0 Å². The molecule has 8 heteroatoms. The molecule has 21 heavy (non-hydrogen) atoms. The lowest BCUT2D eigenvalue weighted by Gasteiger charge is -2.17. The molecule has 1 aromatic heterocycles. The quantitative estimate of drug-likeness (QED) is 0.493. The zero-order valence-electron chi connectivity index (χ0n) is 13.3. The normalized spacial score (nSPS) is 12.6. The summed E-state index contributed by atoms with van der Waals surface area (Å²) in [5, 5.41) is 18.5. The molecule has 7 nitrogen and oxygen atoms in total. The van der Waals surface area contributed by atoms with Crippen LogP contribution in [0, 0.1) is 5.92 Å². The van der Waals surface area contributed by atoms with Gasteiger partial charge in [0.2, 0.25) is 11.1 Å². The Labute approximate surface area is 130 Å². The summed E-state index contributed by atoms with van der Waals surface area (Å²) < 4.78 is 1.73. The van der Waals surface area contributed by atoms with Gasteiger partial charge in [-0.2, -0.15) is 0 Å². The first kappa shape index (κ1) is 17.9. The molecular weight excluding hydrogens is 288 g/mol. The maximum absolute atomic E-state index is 11.8. The van der Waals surface area contributed by atoms with E-state index >= 15 is 0 Å². The number of nitrogens with zero attached hydrogens (tertiary/aromatic N) is 4. The second-order valence-corrected chi connectivity index (χ2v) is 6.27. The van der Waals surface area contributed by atoms with E-state index in [9.17, 15) is 4.79 Å². The molecule has 0 aliphatic heterocycles. The van der Waals surface area contributed by atoms with Gasteiger partial charge in [0, 0.05) is 12.6 Å². The molecule has 120 valence electrons. The minimum atomic E-state index is 0.0138. The summed E-state index contributed by atoms with van der Waals surface area (Å²) in [5.74, 6) is 0.772. The summed E-state index contributed by atoms with van der Waals surface area (Å²) >= 11 is 1.37. The van der Waals surface area contributed by atoms with Gasteiger partial charge in [-0.15, -0.1) is 5.10 Å². The summed E-state index contributed by atoms with van der Waals surface area (Å²) in [7, 11) is 0. The first-order valence-corrected chi connectivity index (χ1v) is 8.42. The van der Waals surface area contributed by atoms with Gasteiger partial charge in [0.25, 0.3) is 0 Å². The lowest BCUT2D eigenvalue weighted by molar-refractivity contribution is -0.119. The van der Waals surface area contributed by atoms with Crippen LogP contribution in [0.2, 0.25) is 0 Å². The summed E-state index contributed by atoms with van der Waals surface area (Å²) in [4.78, 5) is 11.8. The molecule has 0 radical (unpaired) electrons. The van der Waals surface area contributed by atoms with E-state index in [4.69, 9.17) is 0 Å². The number of aromatic nitrogens is 4. The van der Waals surface area contributed by atoms with Crippen molar-refractivity contribution in [3.8, 4) is 0 Å². The second-order valence-electron chi connectivity index (χ2n) is 5.32. The lowest BCUT2D eigenvalue weighted by Crippen LogP contribution is -2.37. The molecule has 2 N–H and O–H groups in total. The molecule has 0 bridgehead atoms. The van der Waals surface area contributed by atoms with Crippen LogP contribution in [0.5, 0.6) is 0 Å². The van der Waals surface area contributed by atoms with Crippen LogP contribution in [0.1, 0.15) is 34.1 Å². The maximum Gasteiger partial charge on any atom is 0.230 e. The predicted octanol–water partition coefficient (Wildman–Crippen LogP) is 0.926. The molecule has 0 aromatic carbocycles. The molecule has 0 aliphatic rings. The van der Waals surface area contributed by atoms with Crippen LogP contribution in [0.25, 0.3) is 0 Å². The highest BCUT2D eigenvalue weighted by atomic mass is 32.2.